The number of morpholine rings is 1. The van der Waals surface area contributed by atoms with E-state index in [0.717, 1.165) is 25.9 Å². The molecule has 0 spiro atoms. The molecule has 1 aromatic rings. The lowest BCUT2D eigenvalue weighted by atomic mass is 10.4. The van der Waals surface area contributed by atoms with Crippen molar-refractivity contribution < 1.29 is 9.84 Å². The van der Waals surface area contributed by atoms with E-state index in [1.54, 1.807) is 0 Å². The van der Waals surface area contributed by atoms with Gasteiger partial charge in [-0.2, -0.15) is 15.0 Å². The predicted molar refractivity (Wildman–Crippen MR) is 75.3 cm³/mol. The second-order valence-electron chi connectivity index (χ2n) is 4.95. The highest BCUT2D eigenvalue weighted by Gasteiger charge is 2.31. The molecule has 0 aromatic carbocycles. The van der Waals surface area contributed by atoms with Gasteiger partial charge >= 0.3 is 0 Å². The lowest BCUT2D eigenvalue weighted by Crippen LogP contribution is -2.38. The van der Waals surface area contributed by atoms with Crippen molar-refractivity contribution in [2.24, 2.45) is 0 Å². The largest absolute Gasteiger partial charge is 0.395 e. The van der Waals surface area contributed by atoms with Crippen molar-refractivity contribution >= 4 is 23.5 Å². The highest BCUT2D eigenvalue weighted by Crippen LogP contribution is 2.30. The fourth-order valence-electron chi connectivity index (χ4n) is 2.30. The molecular formula is C12H18ClN5O2. The number of hydrogen-bond donors (Lipinski definition) is 1. The van der Waals surface area contributed by atoms with Crippen molar-refractivity contribution in [3.63, 3.8) is 0 Å². The number of aliphatic hydroxyl groups is 1. The number of halogens is 1. The topological polar surface area (TPSA) is 74.6 Å². The van der Waals surface area contributed by atoms with Crippen molar-refractivity contribution in [3.8, 4) is 0 Å². The Labute approximate surface area is 122 Å². The molecule has 1 saturated carbocycles. The smallest absolute Gasteiger partial charge is 0.231 e. The molecule has 7 nitrogen and oxygen atoms in total. The van der Waals surface area contributed by atoms with Gasteiger partial charge in [0.05, 0.1) is 19.8 Å². The summed E-state index contributed by atoms with van der Waals surface area (Å²) in [6.45, 7) is 3.44. The van der Waals surface area contributed by atoms with E-state index in [9.17, 15) is 5.11 Å². The molecule has 8 heteroatoms. The number of nitrogens with zero attached hydrogens (tertiary/aromatic N) is 5. The van der Waals surface area contributed by atoms with Crippen LogP contribution in [0.4, 0.5) is 11.9 Å². The van der Waals surface area contributed by atoms with Gasteiger partial charge in [0.15, 0.2) is 0 Å². The van der Waals surface area contributed by atoms with Gasteiger partial charge in [0.25, 0.3) is 0 Å². The van der Waals surface area contributed by atoms with Gasteiger partial charge in [-0.15, -0.1) is 0 Å². The normalized spacial score (nSPS) is 19.2. The average molecular weight is 300 g/mol. The van der Waals surface area contributed by atoms with Crippen LogP contribution in [0.1, 0.15) is 12.8 Å². The van der Waals surface area contributed by atoms with E-state index >= 15 is 0 Å². The minimum Gasteiger partial charge on any atom is -0.395 e. The Morgan fingerprint density at radius 2 is 2.00 bits per heavy atom. The van der Waals surface area contributed by atoms with Crippen LogP contribution < -0.4 is 9.80 Å². The van der Waals surface area contributed by atoms with Crippen molar-refractivity contribution in [2.75, 3.05) is 49.3 Å². The number of rotatable bonds is 5. The molecule has 1 aliphatic heterocycles. The van der Waals surface area contributed by atoms with E-state index in [4.69, 9.17) is 16.3 Å². The Hall–Kier alpha value is -1.18. The minimum absolute atomic E-state index is 0.0761. The zero-order valence-corrected chi connectivity index (χ0v) is 12.0. The van der Waals surface area contributed by atoms with Gasteiger partial charge < -0.3 is 19.6 Å². The SMILES string of the molecule is OCCN(c1nc(Cl)nc(N2CCOCC2)n1)C1CC1. The molecule has 2 heterocycles. The van der Waals surface area contributed by atoms with Gasteiger partial charge in [-0.05, 0) is 24.4 Å². The molecular weight excluding hydrogens is 282 g/mol. The maximum Gasteiger partial charge on any atom is 0.231 e. The summed E-state index contributed by atoms with van der Waals surface area (Å²) >= 11 is 6.03. The summed E-state index contributed by atoms with van der Waals surface area (Å²) < 4.78 is 5.33. The van der Waals surface area contributed by atoms with Crippen LogP contribution in [-0.4, -0.2) is 65.6 Å². The summed E-state index contributed by atoms with van der Waals surface area (Å²) in [5.41, 5.74) is 0. The van der Waals surface area contributed by atoms with Gasteiger partial charge in [0.1, 0.15) is 0 Å². The van der Waals surface area contributed by atoms with Crippen molar-refractivity contribution in [1.29, 1.82) is 0 Å². The third kappa shape index (κ3) is 3.11. The molecule has 1 aliphatic carbocycles. The van der Waals surface area contributed by atoms with E-state index in [0.29, 0.717) is 37.7 Å². The number of aromatic nitrogens is 3. The number of aliphatic hydroxyl groups excluding tert-OH is 1. The Bertz CT molecular complexity index is 465. The molecule has 2 aliphatic rings. The lowest BCUT2D eigenvalue weighted by molar-refractivity contribution is 0.122. The van der Waals surface area contributed by atoms with E-state index in [2.05, 4.69) is 15.0 Å². The van der Waals surface area contributed by atoms with E-state index < -0.39 is 0 Å². The average Bonchev–Trinajstić information content (AvgIpc) is 3.29. The van der Waals surface area contributed by atoms with Crippen LogP contribution in [0.2, 0.25) is 5.28 Å². The third-order valence-electron chi connectivity index (χ3n) is 3.46. The molecule has 0 atom stereocenters. The molecule has 1 aromatic heterocycles. The summed E-state index contributed by atoms with van der Waals surface area (Å²) in [5, 5.41) is 9.38. The third-order valence-corrected chi connectivity index (χ3v) is 3.63. The zero-order chi connectivity index (χ0) is 13.9. The molecule has 3 rings (SSSR count). The highest BCUT2D eigenvalue weighted by molar-refractivity contribution is 6.28. The zero-order valence-electron chi connectivity index (χ0n) is 11.2. The van der Waals surface area contributed by atoms with Crippen molar-refractivity contribution in [2.45, 2.75) is 18.9 Å². The maximum absolute atomic E-state index is 9.19. The summed E-state index contributed by atoms with van der Waals surface area (Å²) in [7, 11) is 0. The summed E-state index contributed by atoms with van der Waals surface area (Å²) in [4.78, 5) is 17.0. The first kappa shape index (κ1) is 13.8. The predicted octanol–water partition coefficient (Wildman–Crippen LogP) is 0.323. The highest BCUT2D eigenvalue weighted by atomic mass is 35.5. The molecule has 0 unspecified atom stereocenters. The molecule has 0 radical (unpaired) electrons. The van der Waals surface area contributed by atoms with Crippen LogP contribution in [0, 0.1) is 0 Å². The molecule has 110 valence electrons. The first-order valence-electron chi connectivity index (χ1n) is 6.89. The van der Waals surface area contributed by atoms with Gasteiger partial charge in [0, 0.05) is 25.7 Å². The van der Waals surface area contributed by atoms with Crippen LogP contribution in [-0.2, 0) is 4.74 Å². The molecule has 2 fully saturated rings. The van der Waals surface area contributed by atoms with Gasteiger partial charge in [-0.3, -0.25) is 0 Å². The van der Waals surface area contributed by atoms with Crippen molar-refractivity contribution in [3.05, 3.63) is 5.28 Å². The summed E-state index contributed by atoms with van der Waals surface area (Å²) in [6, 6.07) is 0.415. The molecule has 1 saturated heterocycles. The fourth-order valence-corrected chi connectivity index (χ4v) is 2.45. The number of hydrogen-bond acceptors (Lipinski definition) is 7. The van der Waals surface area contributed by atoms with Gasteiger partial charge in [0.2, 0.25) is 17.2 Å². The first-order chi connectivity index (χ1) is 9.78. The first-order valence-corrected chi connectivity index (χ1v) is 7.27. The number of ether oxygens (including phenoxy) is 1. The second-order valence-corrected chi connectivity index (χ2v) is 5.29. The van der Waals surface area contributed by atoms with Crippen LogP contribution in [0.15, 0.2) is 0 Å². The van der Waals surface area contributed by atoms with E-state index in [1.165, 1.54) is 0 Å². The summed E-state index contributed by atoms with van der Waals surface area (Å²) in [6.07, 6.45) is 2.21. The molecule has 20 heavy (non-hydrogen) atoms. The molecule has 0 bridgehead atoms. The fraction of sp³-hybridized carbons (Fsp3) is 0.750. The van der Waals surface area contributed by atoms with Crippen molar-refractivity contribution in [1.82, 2.24) is 15.0 Å². The van der Waals surface area contributed by atoms with Crippen LogP contribution in [0.3, 0.4) is 0 Å². The van der Waals surface area contributed by atoms with Crippen LogP contribution >= 0.6 is 11.6 Å². The maximum atomic E-state index is 9.19. The molecule has 1 N–H and O–H groups in total. The standard InChI is InChI=1S/C12H18ClN5O2/c13-10-14-11(17-4-7-20-8-5-17)16-12(15-10)18(3-6-19)9-1-2-9/h9,19H,1-8H2. The Morgan fingerprint density at radius 3 is 2.65 bits per heavy atom. The minimum atomic E-state index is 0.0761. The molecule has 0 amide bonds. The van der Waals surface area contributed by atoms with Gasteiger partial charge in [-0.25, -0.2) is 0 Å². The van der Waals surface area contributed by atoms with E-state index in [1.807, 2.05) is 9.80 Å². The van der Waals surface area contributed by atoms with Gasteiger partial charge in [-0.1, -0.05) is 0 Å². The Balaban J connectivity index is 1.84. The summed E-state index contributed by atoms with van der Waals surface area (Å²) in [5.74, 6) is 1.15. The van der Waals surface area contributed by atoms with Crippen LogP contribution in [0.5, 0.6) is 0 Å². The van der Waals surface area contributed by atoms with Crippen LogP contribution in [0.25, 0.3) is 0 Å². The Kier molecular flexibility index (Phi) is 4.18. The monoisotopic (exact) mass is 299 g/mol. The van der Waals surface area contributed by atoms with E-state index in [-0.39, 0.29) is 11.9 Å². The number of anilines is 2. The second kappa shape index (κ2) is 6.07. The Morgan fingerprint density at radius 1 is 1.25 bits per heavy atom. The lowest BCUT2D eigenvalue weighted by Gasteiger charge is -2.28. The quantitative estimate of drug-likeness (QED) is 0.839.